The zero-order valence-corrected chi connectivity index (χ0v) is 18.5. The molecule has 2 aromatic carbocycles. The van der Waals surface area contributed by atoms with Crippen molar-refractivity contribution in [3.05, 3.63) is 77.9 Å². The SMILES string of the molecule is COC(=O)[C@@H]1[C@@H]2C=C[C@@H](CC2)[C@@]1(C(=O)OCc1ccccc1)[S@@](=O)c1ccc(C)cc1. The summed E-state index contributed by atoms with van der Waals surface area (Å²) in [7, 11) is -0.494. The molecule has 3 aliphatic carbocycles. The van der Waals surface area contributed by atoms with E-state index in [4.69, 9.17) is 9.47 Å². The molecule has 2 aromatic rings. The standard InChI is InChI=1S/C25H26O5S/c1-17-8-14-21(15-9-17)31(28)25(24(27)30-16-18-6-4-3-5-7-18)20-12-10-19(11-13-20)22(25)23(26)29-2/h3-10,12,14-15,19-20,22H,11,13,16H2,1-2H3/t19-,20+,22+,25-,31+/m1/s1. The molecule has 5 nitrogen and oxygen atoms in total. The number of methoxy groups -OCH3 is 1. The number of esters is 2. The number of hydrogen-bond donors (Lipinski definition) is 0. The van der Waals surface area contributed by atoms with Crippen LogP contribution in [0.1, 0.15) is 24.0 Å². The predicted molar refractivity (Wildman–Crippen MR) is 117 cm³/mol. The van der Waals surface area contributed by atoms with Crippen LogP contribution in [0.3, 0.4) is 0 Å². The molecule has 0 heterocycles. The lowest BCUT2D eigenvalue weighted by Crippen LogP contribution is -2.63. The molecule has 0 aromatic heterocycles. The van der Waals surface area contributed by atoms with Crippen molar-refractivity contribution in [2.24, 2.45) is 17.8 Å². The second-order valence-electron chi connectivity index (χ2n) is 8.17. The number of fused-ring (bicyclic) bond motifs is 2. The van der Waals surface area contributed by atoms with Gasteiger partial charge in [-0.1, -0.05) is 60.2 Å². The highest BCUT2D eigenvalue weighted by atomic mass is 32.2. The number of rotatable bonds is 6. The minimum Gasteiger partial charge on any atom is -0.469 e. The van der Waals surface area contributed by atoms with Crippen LogP contribution < -0.4 is 0 Å². The molecule has 1 fully saturated rings. The van der Waals surface area contributed by atoms with Gasteiger partial charge in [0.2, 0.25) is 0 Å². The van der Waals surface area contributed by atoms with E-state index in [0.29, 0.717) is 11.3 Å². The number of benzene rings is 2. The second-order valence-corrected chi connectivity index (χ2v) is 9.85. The van der Waals surface area contributed by atoms with Crippen LogP contribution in [-0.2, 0) is 36.5 Å². The molecule has 5 atom stereocenters. The number of carbonyl (C=O) groups excluding carboxylic acids is 2. The van der Waals surface area contributed by atoms with E-state index in [1.54, 1.807) is 12.1 Å². The van der Waals surface area contributed by atoms with Crippen molar-refractivity contribution in [3.63, 3.8) is 0 Å². The highest BCUT2D eigenvalue weighted by Gasteiger charge is 2.65. The van der Waals surface area contributed by atoms with Crippen molar-refractivity contribution in [1.29, 1.82) is 0 Å². The predicted octanol–water partition coefficient (Wildman–Crippen LogP) is 3.97. The Labute approximate surface area is 184 Å². The van der Waals surface area contributed by atoms with Crippen molar-refractivity contribution < 1.29 is 23.3 Å². The topological polar surface area (TPSA) is 69.7 Å². The molecule has 0 aliphatic heterocycles. The van der Waals surface area contributed by atoms with Gasteiger partial charge in [-0.25, -0.2) is 0 Å². The molecule has 0 unspecified atom stereocenters. The number of carbonyl (C=O) groups is 2. The minimum atomic E-state index is -1.80. The molecule has 0 amide bonds. The van der Waals surface area contributed by atoms with E-state index in [9.17, 15) is 13.8 Å². The third-order valence-corrected chi connectivity index (χ3v) is 8.41. The lowest BCUT2D eigenvalue weighted by Gasteiger charge is -2.50. The summed E-state index contributed by atoms with van der Waals surface area (Å²) < 4.78 is 23.4. The van der Waals surface area contributed by atoms with Crippen LogP contribution >= 0.6 is 0 Å². The summed E-state index contributed by atoms with van der Waals surface area (Å²) in [5.74, 6) is -2.56. The Bertz CT molecular complexity index is 1010. The first kappa shape index (κ1) is 21.5. The summed E-state index contributed by atoms with van der Waals surface area (Å²) in [5, 5.41) is 0. The third-order valence-electron chi connectivity index (χ3n) is 6.37. The van der Waals surface area contributed by atoms with Crippen molar-refractivity contribution in [2.75, 3.05) is 7.11 Å². The molecule has 5 rings (SSSR count). The summed E-state index contributed by atoms with van der Waals surface area (Å²) in [6.45, 7) is 2.00. The molecule has 0 radical (unpaired) electrons. The number of hydrogen-bond acceptors (Lipinski definition) is 5. The van der Waals surface area contributed by atoms with E-state index in [2.05, 4.69) is 0 Å². The first-order chi connectivity index (χ1) is 15.0. The maximum atomic E-state index is 14.1. The summed E-state index contributed by atoms with van der Waals surface area (Å²) in [6.07, 6.45) is 5.32. The largest absolute Gasteiger partial charge is 0.469 e. The summed E-state index contributed by atoms with van der Waals surface area (Å²) in [4.78, 5) is 27.2. The monoisotopic (exact) mass is 438 g/mol. The Morgan fingerprint density at radius 1 is 1.03 bits per heavy atom. The second kappa shape index (κ2) is 8.79. The Morgan fingerprint density at radius 3 is 2.35 bits per heavy atom. The molecule has 31 heavy (non-hydrogen) atoms. The van der Waals surface area contributed by atoms with Gasteiger partial charge >= 0.3 is 11.9 Å². The van der Waals surface area contributed by atoms with Crippen molar-refractivity contribution >= 4 is 22.7 Å². The minimum absolute atomic E-state index is 0.0571. The molecular formula is C25H26O5S. The van der Waals surface area contributed by atoms with Crippen molar-refractivity contribution in [3.8, 4) is 0 Å². The fraction of sp³-hybridized carbons (Fsp3) is 0.360. The third kappa shape index (κ3) is 3.74. The van der Waals surface area contributed by atoms with Gasteiger partial charge in [0, 0.05) is 10.8 Å². The van der Waals surface area contributed by atoms with E-state index in [1.165, 1.54) is 7.11 Å². The number of ether oxygens (including phenoxy) is 2. The lowest BCUT2D eigenvalue weighted by molar-refractivity contribution is -0.163. The maximum Gasteiger partial charge on any atom is 0.327 e. The van der Waals surface area contributed by atoms with Crippen LogP contribution in [0, 0.1) is 24.7 Å². The van der Waals surface area contributed by atoms with Gasteiger partial charge < -0.3 is 9.47 Å². The van der Waals surface area contributed by atoms with Gasteiger partial charge in [0.25, 0.3) is 0 Å². The molecule has 0 spiro atoms. The zero-order chi connectivity index (χ0) is 22.0. The van der Waals surface area contributed by atoms with Crippen LogP contribution in [-0.4, -0.2) is 28.0 Å². The van der Waals surface area contributed by atoms with E-state index in [0.717, 1.165) is 17.5 Å². The van der Waals surface area contributed by atoms with Gasteiger partial charge in [-0.05, 0) is 43.4 Å². The average Bonchev–Trinajstić information content (AvgIpc) is 2.82. The molecule has 162 valence electrons. The van der Waals surface area contributed by atoms with E-state index < -0.39 is 33.4 Å². The summed E-state index contributed by atoms with van der Waals surface area (Å²) in [6, 6.07) is 16.6. The van der Waals surface area contributed by atoms with Crippen LogP contribution in [0.4, 0.5) is 0 Å². The van der Waals surface area contributed by atoms with Crippen LogP contribution in [0.25, 0.3) is 0 Å². The smallest absolute Gasteiger partial charge is 0.327 e. The number of allylic oxidation sites excluding steroid dienone is 2. The van der Waals surface area contributed by atoms with Gasteiger partial charge in [0.15, 0.2) is 4.75 Å². The fourth-order valence-electron chi connectivity index (χ4n) is 4.80. The van der Waals surface area contributed by atoms with Crippen LogP contribution in [0.5, 0.6) is 0 Å². The first-order valence-corrected chi connectivity index (χ1v) is 11.6. The van der Waals surface area contributed by atoms with Crippen molar-refractivity contribution in [1.82, 2.24) is 0 Å². The average molecular weight is 439 g/mol. The van der Waals surface area contributed by atoms with Gasteiger partial charge in [0.1, 0.15) is 6.61 Å². The maximum absolute atomic E-state index is 14.1. The molecular weight excluding hydrogens is 412 g/mol. The van der Waals surface area contributed by atoms with Crippen molar-refractivity contribution in [2.45, 2.75) is 36.0 Å². The van der Waals surface area contributed by atoms with Gasteiger partial charge in [-0.2, -0.15) is 0 Å². The van der Waals surface area contributed by atoms with Gasteiger partial charge in [0.05, 0.1) is 23.8 Å². The lowest BCUT2D eigenvalue weighted by atomic mass is 9.61. The van der Waals surface area contributed by atoms with Crippen LogP contribution in [0.2, 0.25) is 0 Å². The molecule has 0 saturated heterocycles. The highest BCUT2D eigenvalue weighted by Crippen LogP contribution is 2.53. The Balaban J connectivity index is 1.78. The Morgan fingerprint density at radius 2 is 1.74 bits per heavy atom. The molecule has 2 bridgehead atoms. The first-order valence-electron chi connectivity index (χ1n) is 10.4. The molecule has 6 heteroatoms. The highest BCUT2D eigenvalue weighted by molar-refractivity contribution is 7.87. The summed E-state index contributed by atoms with van der Waals surface area (Å²) >= 11 is 0. The zero-order valence-electron chi connectivity index (χ0n) is 17.7. The fourth-order valence-corrected chi connectivity index (χ4v) is 6.76. The van der Waals surface area contributed by atoms with Gasteiger partial charge in [-0.3, -0.25) is 13.8 Å². The molecule has 3 aliphatic rings. The Kier molecular flexibility index (Phi) is 6.10. The molecule has 0 N–H and O–H groups in total. The normalized spacial score (nSPS) is 27.5. The number of aryl methyl sites for hydroxylation is 1. The van der Waals surface area contributed by atoms with E-state index >= 15 is 0 Å². The molecule has 1 saturated carbocycles. The Hall–Kier alpha value is -2.73. The summed E-state index contributed by atoms with van der Waals surface area (Å²) in [5.41, 5.74) is 1.86. The van der Waals surface area contributed by atoms with Crippen LogP contribution in [0.15, 0.2) is 71.6 Å². The quantitative estimate of drug-likeness (QED) is 0.504. The van der Waals surface area contributed by atoms with E-state index in [1.807, 2.05) is 61.5 Å². The van der Waals surface area contributed by atoms with E-state index in [-0.39, 0.29) is 18.4 Å². The van der Waals surface area contributed by atoms with Gasteiger partial charge in [-0.15, -0.1) is 0 Å².